The quantitative estimate of drug-likeness (QED) is 0.866. The van der Waals surface area contributed by atoms with Gasteiger partial charge in [-0.05, 0) is 41.4 Å². The number of hydrogen-bond acceptors (Lipinski definition) is 3. The summed E-state index contributed by atoms with van der Waals surface area (Å²) in [6.45, 7) is 0. The summed E-state index contributed by atoms with van der Waals surface area (Å²) in [6.07, 6.45) is 5.64. The molecule has 0 spiro atoms. The topological polar surface area (TPSA) is 37.8 Å². The van der Waals surface area contributed by atoms with E-state index in [1.807, 2.05) is 13.2 Å². The predicted octanol–water partition coefficient (Wildman–Crippen LogP) is 2.08. The van der Waals surface area contributed by atoms with E-state index in [0.29, 0.717) is 0 Å². The van der Waals surface area contributed by atoms with Crippen molar-refractivity contribution in [3.63, 3.8) is 0 Å². The van der Waals surface area contributed by atoms with Gasteiger partial charge in [0.15, 0.2) is 0 Å². The van der Waals surface area contributed by atoms with Crippen molar-refractivity contribution in [1.29, 1.82) is 0 Å². The van der Waals surface area contributed by atoms with Gasteiger partial charge >= 0.3 is 0 Å². The van der Waals surface area contributed by atoms with Crippen LogP contribution in [-0.4, -0.2) is 17.0 Å². The van der Waals surface area contributed by atoms with E-state index >= 15 is 0 Å². The molecule has 1 aromatic heterocycles. The summed E-state index contributed by atoms with van der Waals surface area (Å²) in [6, 6.07) is 0. The van der Waals surface area contributed by atoms with Crippen molar-refractivity contribution in [2.75, 3.05) is 12.4 Å². The van der Waals surface area contributed by atoms with Crippen LogP contribution in [0.5, 0.6) is 0 Å². The van der Waals surface area contributed by atoms with Crippen molar-refractivity contribution in [3.8, 4) is 0 Å². The summed E-state index contributed by atoms with van der Waals surface area (Å²) >= 11 is 2.24. The third-order valence-electron chi connectivity index (χ3n) is 2.20. The van der Waals surface area contributed by atoms with Gasteiger partial charge in [0.05, 0.1) is 3.57 Å². The largest absolute Gasteiger partial charge is 0.372 e. The minimum absolute atomic E-state index is 0.852. The summed E-state index contributed by atoms with van der Waals surface area (Å²) < 4.78 is 1.08. The zero-order chi connectivity index (χ0) is 9.26. The molecule has 1 N–H and O–H groups in total. The van der Waals surface area contributed by atoms with E-state index in [9.17, 15) is 0 Å². The number of halogens is 1. The smallest absolute Gasteiger partial charge is 0.142 e. The van der Waals surface area contributed by atoms with Crippen molar-refractivity contribution in [2.45, 2.75) is 19.3 Å². The Morgan fingerprint density at radius 2 is 2.38 bits per heavy atom. The number of nitrogens with one attached hydrogen (secondary N) is 1. The van der Waals surface area contributed by atoms with Crippen LogP contribution < -0.4 is 5.32 Å². The highest BCUT2D eigenvalue weighted by molar-refractivity contribution is 14.1. The second-order valence-electron chi connectivity index (χ2n) is 3.38. The van der Waals surface area contributed by atoms with Gasteiger partial charge in [-0.15, -0.1) is 0 Å². The van der Waals surface area contributed by atoms with Gasteiger partial charge in [-0.2, -0.15) is 0 Å². The lowest BCUT2D eigenvalue weighted by molar-refractivity contribution is 0.769. The van der Waals surface area contributed by atoms with Crippen molar-refractivity contribution < 1.29 is 0 Å². The Hall–Kier alpha value is -0.390. The summed E-state index contributed by atoms with van der Waals surface area (Å²) in [7, 11) is 1.89. The van der Waals surface area contributed by atoms with Gasteiger partial charge in [-0.1, -0.05) is 0 Å². The molecule has 13 heavy (non-hydrogen) atoms. The highest BCUT2D eigenvalue weighted by atomic mass is 127. The van der Waals surface area contributed by atoms with E-state index in [2.05, 4.69) is 37.9 Å². The molecule has 0 radical (unpaired) electrons. The first-order chi connectivity index (χ1) is 6.29. The summed E-state index contributed by atoms with van der Waals surface area (Å²) in [5, 5.41) is 3.07. The van der Waals surface area contributed by atoms with Crippen molar-refractivity contribution in [3.05, 3.63) is 15.6 Å². The second-order valence-corrected chi connectivity index (χ2v) is 4.54. The number of anilines is 1. The molecule has 70 valence electrons. The number of hydrogen-bond donors (Lipinski definition) is 1. The van der Waals surface area contributed by atoms with Gasteiger partial charge in [-0.25, -0.2) is 9.97 Å². The molecule has 0 amide bonds. The minimum atomic E-state index is 0.852. The van der Waals surface area contributed by atoms with E-state index in [0.717, 1.165) is 27.6 Å². The Balaban J connectivity index is 2.16. The zero-order valence-corrected chi connectivity index (χ0v) is 9.71. The molecule has 3 nitrogen and oxygen atoms in total. The lowest BCUT2D eigenvalue weighted by atomic mass is 10.3. The first-order valence-corrected chi connectivity index (χ1v) is 5.56. The highest BCUT2D eigenvalue weighted by Crippen LogP contribution is 2.31. The molecule has 1 aliphatic carbocycles. The molecule has 4 heteroatoms. The summed E-state index contributed by atoms with van der Waals surface area (Å²) in [4.78, 5) is 8.75. The predicted molar refractivity (Wildman–Crippen MR) is 60.7 cm³/mol. The number of nitrogens with zero attached hydrogens (tertiary/aromatic N) is 2. The number of rotatable bonds is 3. The molecule has 1 fully saturated rings. The molecule has 2 rings (SSSR count). The Labute approximate surface area is 91.5 Å². The average Bonchev–Trinajstić information content (AvgIpc) is 2.92. The fourth-order valence-corrected chi connectivity index (χ4v) is 1.79. The SMILES string of the molecule is CNc1nc(CC2CC2)ncc1I. The highest BCUT2D eigenvalue weighted by Gasteiger charge is 2.22. The summed E-state index contributed by atoms with van der Waals surface area (Å²) in [5.74, 6) is 2.78. The summed E-state index contributed by atoms with van der Waals surface area (Å²) in [5.41, 5.74) is 0. The van der Waals surface area contributed by atoms with Crippen LogP contribution >= 0.6 is 22.6 Å². The molecular weight excluding hydrogens is 277 g/mol. The molecule has 1 saturated carbocycles. The Kier molecular flexibility index (Phi) is 2.66. The van der Waals surface area contributed by atoms with Crippen LogP contribution in [0.15, 0.2) is 6.20 Å². The van der Waals surface area contributed by atoms with E-state index in [4.69, 9.17) is 0 Å². The molecule has 0 bridgehead atoms. The molecule has 1 aliphatic rings. The first kappa shape index (κ1) is 9.18. The van der Waals surface area contributed by atoms with E-state index in [-0.39, 0.29) is 0 Å². The van der Waals surface area contributed by atoms with Crippen LogP contribution in [0.3, 0.4) is 0 Å². The number of aromatic nitrogens is 2. The lowest BCUT2D eigenvalue weighted by Crippen LogP contribution is -2.02. The maximum absolute atomic E-state index is 4.44. The Morgan fingerprint density at radius 1 is 1.62 bits per heavy atom. The van der Waals surface area contributed by atoms with Gasteiger partial charge in [0.1, 0.15) is 11.6 Å². The average molecular weight is 289 g/mol. The molecule has 0 atom stereocenters. The lowest BCUT2D eigenvalue weighted by Gasteiger charge is -2.04. The third-order valence-corrected chi connectivity index (χ3v) is 2.99. The van der Waals surface area contributed by atoms with Crippen LogP contribution in [-0.2, 0) is 6.42 Å². The normalized spacial score (nSPS) is 15.8. The molecule has 0 unspecified atom stereocenters. The fraction of sp³-hybridized carbons (Fsp3) is 0.556. The molecule has 0 aromatic carbocycles. The zero-order valence-electron chi connectivity index (χ0n) is 7.55. The van der Waals surface area contributed by atoms with E-state index in [1.54, 1.807) is 0 Å². The van der Waals surface area contributed by atoms with Crippen LogP contribution in [0.25, 0.3) is 0 Å². The molecule has 0 saturated heterocycles. The molecule has 0 aliphatic heterocycles. The monoisotopic (exact) mass is 289 g/mol. The molecule has 1 aromatic rings. The van der Waals surface area contributed by atoms with Gasteiger partial charge in [0, 0.05) is 19.7 Å². The first-order valence-electron chi connectivity index (χ1n) is 4.48. The van der Waals surface area contributed by atoms with Gasteiger partial charge in [0.2, 0.25) is 0 Å². The van der Waals surface area contributed by atoms with Crippen LogP contribution in [0.2, 0.25) is 0 Å². The minimum Gasteiger partial charge on any atom is -0.372 e. The molecular formula is C9H12IN3. The molecule has 1 heterocycles. The van der Waals surface area contributed by atoms with Crippen LogP contribution in [0.1, 0.15) is 18.7 Å². The maximum Gasteiger partial charge on any atom is 0.142 e. The van der Waals surface area contributed by atoms with Crippen molar-refractivity contribution in [2.24, 2.45) is 5.92 Å². The fourth-order valence-electron chi connectivity index (χ4n) is 1.26. The van der Waals surface area contributed by atoms with Crippen molar-refractivity contribution >= 4 is 28.4 Å². The Morgan fingerprint density at radius 3 is 3.00 bits per heavy atom. The Bertz CT molecular complexity index is 310. The third kappa shape index (κ3) is 2.30. The standard InChI is InChI=1S/C9H12IN3/c1-11-9-7(10)5-12-8(13-9)4-6-2-3-6/h5-6H,2-4H2,1H3,(H,11,12,13). The maximum atomic E-state index is 4.44. The van der Waals surface area contributed by atoms with E-state index < -0.39 is 0 Å². The van der Waals surface area contributed by atoms with Crippen LogP contribution in [0, 0.1) is 9.49 Å². The van der Waals surface area contributed by atoms with E-state index in [1.165, 1.54) is 12.8 Å². The van der Waals surface area contributed by atoms with Crippen molar-refractivity contribution in [1.82, 2.24) is 9.97 Å². The van der Waals surface area contributed by atoms with Gasteiger partial charge in [-0.3, -0.25) is 0 Å². The second kappa shape index (κ2) is 3.77. The van der Waals surface area contributed by atoms with Gasteiger partial charge in [0.25, 0.3) is 0 Å². The van der Waals surface area contributed by atoms with Crippen LogP contribution in [0.4, 0.5) is 5.82 Å². The van der Waals surface area contributed by atoms with Gasteiger partial charge < -0.3 is 5.32 Å².